The number of amides is 1. The second-order valence-electron chi connectivity index (χ2n) is 9.54. The van der Waals surface area contributed by atoms with E-state index in [0.717, 1.165) is 12.3 Å². The van der Waals surface area contributed by atoms with Crippen LogP contribution < -0.4 is 5.32 Å². The standard InChI is InChI=1S/C25H24B3F3N6O2/c1-13-9-16(25(29,30)31)10-34-21(13)35-11-18-15(3)39-14(2)12-37(18)23(38)20-17(22-32-7-4-8-33-22)5-6-19(36-20)24(26,27)28/h4-10,14-15,18H,11-12H2,1-3H3,(H,34,35)/t14-,15+,18-/m1/s1. The summed E-state index contributed by atoms with van der Waals surface area (Å²) in [4.78, 5) is 32.5. The number of hydrogen-bond donors (Lipinski definition) is 1. The van der Waals surface area contributed by atoms with Gasteiger partial charge in [0.25, 0.3) is 5.91 Å². The van der Waals surface area contributed by atoms with E-state index in [2.05, 4.69) is 25.3 Å². The number of anilines is 1. The Hall–Kier alpha value is -3.41. The monoisotopic (exact) mass is 530 g/mol. The van der Waals surface area contributed by atoms with Crippen molar-refractivity contribution in [1.82, 2.24) is 24.8 Å². The Morgan fingerprint density at radius 1 is 1.15 bits per heavy atom. The van der Waals surface area contributed by atoms with Crippen molar-refractivity contribution < 1.29 is 22.7 Å². The summed E-state index contributed by atoms with van der Waals surface area (Å²) in [5.41, 5.74) is -0.0995. The molecule has 39 heavy (non-hydrogen) atoms. The molecule has 1 aliphatic rings. The average Bonchev–Trinajstić information content (AvgIpc) is 2.87. The third-order valence-electron chi connectivity index (χ3n) is 6.34. The molecule has 6 radical (unpaired) electrons. The Kier molecular flexibility index (Phi) is 8.06. The molecule has 1 fully saturated rings. The number of aromatic nitrogens is 4. The van der Waals surface area contributed by atoms with E-state index in [1.807, 2.05) is 13.8 Å². The van der Waals surface area contributed by atoms with E-state index in [1.165, 1.54) is 25.4 Å². The lowest BCUT2D eigenvalue weighted by Crippen LogP contribution is -2.58. The maximum absolute atomic E-state index is 14.1. The highest BCUT2D eigenvalue weighted by Gasteiger charge is 2.38. The lowest BCUT2D eigenvalue weighted by Gasteiger charge is -2.43. The van der Waals surface area contributed by atoms with Crippen LogP contribution in [0.15, 0.2) is 42.9 Å². The Morgan fingerprint density at radius 2 is 1.85 bits per heavy atom. The van der Waals surface area contributed by atoms with Crippen molar-refractivity contribution >= 4 is 35.3 Å². The van der Waals surface area contributed by atoms with Gasteiger partial charge in [-0.25, -0.2) is 19.9 Å². The lowest BCUT2D eigenvalue weighted by molar-refractivity contribution is -0.137. The highest BCUT2D eigenvalue weighted by atomic mass is 19.4. The summed E-state index contributed by atoms with van der Waals surface area (Å²) in [5.74, 6) is 0.0681. The molecule has 0 spiro atoms. The molecular weight excluding hydrogens is 506 g/mol. The van der Waals surface area contributed by atoms with Crippen LogP contribution in [0.25, 0.3) is 11.4 Å². The molecule has 1 amide bonds. The molecule has 0 aromatic carbocycles. The first-order valence-electron chi connectivity index (χ1n) is 12.2. The summed E-state index contributed by atoms with van der Waals surface area (Å²) in [5, 5.41) is 1.27. The number of pyridine rings is 2. The van der Waals surface area contributed by atoms with Crippen molar-refractivity contribution in [2.24, 2.45) is 0 Å². The number of nitrogens with one attached hydrogen (secondary N) is 1. The molecule has 4 rings (SSSR count). The summed E-state index contributed by atoms with van der Waals surface area (Å²) in [6, 6.07) is 5.21. The predicted molar refractivity (Wildman–Crippen MR) is 142 cm³/mol. The maximum atomic E-state index is 14.1. The van der Waals surface area contributed by atoms with Gasteiger partial charge in [-0.1, -0.05) is 5.11 Å². The molecule has 3 atom stereocenters. The number of carbonyl (C=O) groups is 1. The van der Waals surface area contributed by atoms with Gasteiger partial charge < -0.3 is 15.0 Å². The van der Waals surface area contributed by atoms with E-state index >= 15 is 0 Å². The second-order valence-corrected chi connectivity index (χ2v) is 9.54. The van der Waals surface area contributed by atoms with Gasteiger partial charge in [0, 0.05) is 37.4 Å². The first-order valence-corrected chi connectivity index (χ1v) is 12.2. The molecule has 1 N–H and O–H groups in total. The molecule has 0 aliphatic carbocycles. The van der Waals surface area contributed by atoms with Gasteiger partial charge in [-0.05, 0) is 50.6 Å². The topological polar surface area (TPSA) is 93.1 Å². The Morgan fingerprint density at radius 3 is 2.46 bits per heavy atom. The number of rotatable bonds is 6. The van der Waals surface area contributed by atoms with E-state index < -0.39 is 34.9 Å². The minimum absolute atomic E-state index is 0.000407. The molecule has 0 unspecified atom stereocenters. The van der Waals surface area contributed by atoms with Crippen LogP contribution in [-0.4, -0.2) is 85.6 Å². The third kappa shape index (κ3) is 6.43. The molecule has 1 aliphatic heterocycles. The predicted octanol–water partition coefficient (Wildman–Crippen LogP) is 2.61. The Balaban J connectivity index is 1.68. The van der Waals surface area contributed by atoms with Crippen molar-refractivity contribution in [3.05, 3.63) is 65.4 Å². The van der Waals surface area contributed by atoms with Gasteiger partial charge in [-0.15, -0.1) is 0 Å². The van der Waals surface area contributed by atoms with E-state index in [4.69, 9.17) is 28.3 Å². The first-order chi connectivity index (χ1) is 18.3. The van der Waals surface area contributed by atoms with Gasteiger partial charge in [-0.3, -0.25) is 4.79 Å². The third-order valence-corrected chi connectivity index (χ3v) is 6.34. The van der Waals surface area contributed by atoms with Gasteiger partial charge in [0.2, 0.25) is 0 Å². The summed E-state index contributed by atoms with van der Waals surface area (Å²) in [7, 11) is 17.6. The molecule has 1 saturated heterocycles. The van der Waals surface area contributed by atoms with E-state index in [1.54, 1.807) is 17.0 Å². The number of morpholine rings is 1. The quantitative estimate of drug-likeness (QED) is 0.491. The van der Waals surface area contributed by atoms with Crippen LogP contribution in [0, 0.1) is 6.92 Å². The molecule has 3 aromatic rings. The average molecular weight is 530 g/mol. The molecular formula is C25H24B3F3N6O2. The lowest BCUT2D eigenvalue weighted by atomic mass is 9.41. The van der Waals surface area contributed by atoms with E-state index in [-0.39, 0.29) is 42.2 Å². The summed E-state index contributed by atoms with van der Waals surface area (Å²) in [6.45, 7) is 5.53. The zero-order valence-electron chi connectivity index (χ0n) is 21.6. The van der Waals surface area contributed by atoms with Gasteiger partial charge in [0.1, 0.15) is 11.5 Å². The van der Waals surface area contributed by atoms with Crippen molar-refractivity contribution in [3.8, 4) is 11.4 Å². The van der Waals surface area contributed by atoms with Crippen LogP contribution in [0.3, 0.4) is 0 Å². The molecule has 0 bridgehead atoms. The number of halogens is 3. The van der Waals surface area contributed by atoms with Gasteiger partial charge >= 0.3 is 6.18 Å². The molecule has 196 valence electrons. The number of ether oxygens (including phenoxy) is 1. The van der Waals surface area contributed by atoms with Crippen molar-refractivity contribution in [2.75, 3.05) is 18.4 Å². The fourth-order valence-corrected chi connectivity index (χ4v) is 4.41. The molecule has 8 nitrogen and oxygen atoms in total. The van der Waals surface area contributed by atoms with E-state index in [9.17, 15) is 18.0 Å². The van der Waals surface area contributed by atoms with Gasteiger partial charge in [0.15, 0.2) is 5.82 Å². The smallest absolute Gasteiger partial charge is 0.372 e. The minimum atomic E-state index is -4.50. The summed E-state index contributed by atoms with van der Waals surface area (Å²) in [6.07, 6.45) is -1.40. The van der Waals surface area contributed by atoms with Crippen LogP contribution in [-0.2, 0) is 16.0 Å². The van der Waals surface area contributed by atoms with Crippen LogP contribution >= 0.6 is 0 Å². The molecule has 4 heterocycles. The van der Waals surface area contributed by atoms with Crippen LogP contribution in [0.1, 0.15) is 41.2 Å². The SMILES string of the molecule is [B]C([B])([B])c1ccc(-c2ncccn2)c(C(=O)N2C[C@@H](C)O[C@@H](C)[C@H]2CNc2ncc(C(F)(F)F)cc2C)n1. The van der Waals surface area contributed by atoms with Crippen molar-refractivity contribution in [1.29, 1.82) is 0 Å². The first kappa shape index (κ1) is 28.6. The number of aryl methyl sites for hydroxylation is 1. The zero-order valence-corrected chi connectivity index (χ0v) is 21.6. The highest BCUT2D eigenvalue weighted by molar-refractivity contribution is 6.58. The number of hydrogen-bond acceptors (Lipinski definition) is 7. The molecule has 14 heteroatoms. The number of nitrogens with zero attached hydrogens (tertiary/aromatic N) is 5. The normalized spacial score (nSPS) is 20.1. The van der Waals surface area contributed by atoms with Crippen molar-refractivity contribution in [3.63, 3.8) is 0 Å². The van der Waals surface area contributed by atoms with Gasteiger partial charge in [-0.2, -0.15) is 13.2 Å². The molecule has 3 aromatic heterocycles. The number of alkyl halides is 3. The fraction of sp³-hybridized carbons (Fsp3) is 0.400. The van der Waals surface area contributed by atoms with Crippen LogP contribution in [0.2, 0.25) is 0 Å². The highest BCUT2D eigenvalue weighted by Crippen LogP contribution is 2.31. The second kappa shape index (κ2) is 11.0. The summed E-state index contributed by atoms with van der Waals surface area (Å²) < 4.78 is 45.2. The Bertz CT molecular complexity index is 1340. The van der Waals surface area contributed by atoms with Crippen molar-refractivity contribution in [2.45, 2.75) is 50.3 Å². The maximum Gasteiger partial charge on any atom is 0.417 e. The van der Waals surface area contributed by atoms with Crippen LogP contribution in [0.4, 0.5) is 19.0 Å². The van der Waals surface area contributed by atoms with E-state index in [0.29, 0.717) is 11.1 Å². The largest absolute Gasteiger partial charge is 0.417 e. The summed E-state index contributed by atoms with van der Waals surface area (Å²) >= 11 is 0. The zero-order chi connectivity index (χ0) is 28.5. The van der Waals surface area contributed by atoms with Crippen LogP contribution in [0.5, 0.6) is 0 Å². The fourth-order valence-electron chi connectivity index (χ4n) is 4.41. The molecule has 0 saturated carbocycles. The van der Waals surface area contributed by atoms with Gasteiger partial charge in [0.05, 0.1) is 52.9 Å². The Labute approximate surface area is 228 Å². The number of carbonyl (C=O) groups excluding carboxylic acids is 1. The minimum Gasteiger partial charge on any atom is -0.372 e.